The highest BCUT2D eigenvalue weighted by Crippen LogP contribution is 2.39. The molecule has 1 heterocycles. The number of rotatable bonds is 6. The summed E-state index contributed by atoms with van der Waals surface area (Å²) in [6, 6.07) is 2.55. The van der Waals surface area contributed by atoms with Crippen molar-refractivity contribution in [3.8, 4) is 17.2 Å². The van der Waals surface area contributed by atoms with Crippen molar-refractivity contribution in [3.63, 3.8) is 0 Å². The molecule has 0 bridgehead atoms. The summed E-state index contributed by atoms with van der Waals surface area (Å²) in [5.41, 5.74) is -0.207. The van der Waals surface area contributed by atoms with Gasteiger partial charge in [0.2, 0.25) is 5.75 Å². The Balaban J connectivity index is 2.43. The van der Waals surface area contributed by atoms with E-state index in [0.717, 1.165) is 0 Å². The van der Waals surface area contributed by atoms with Gasteiger partial charge in [-0.2, -0.15) is 0 Å². The molecule has 0 aliphatic rings. The lowest BCUT2D eigenvalue weighted by Gasteiger charge is -2.14. The molecule has 21 heavy (non-hydrogen) atoms. The van der Waals surface area contributed by atoms with Gasteiger partial charge in [0.25, 0.3) is 0 Å². The first kappa shape index (κ1) is 15.2. The second-order valence-electron chi connectivity index (χ2n) is 4.84. The van der Waals surface area contributed by atoms with E-state index in [-0.39, 0.29) is 46.2 Å². The zero-order valence-corrected chi connectivity index (χ0v) is 12.0. The van der Waals surface area contributed by atoms with Crippen LogP contribution in [-0.4, -0.2) is 30.5 Å². The average molecular weight is 294 g/mol. The van der Waals surface area contributed by atoms with Crippen LogP contribution < -0.4 is 14.9 Å². The van der Waals surface area contributed by atoms with Gasteiger partial charge < -0.3 is 24.1 Å². The second-order valence-corrected chi connectivity index (χ2v) is 4.84. The number of phenols is 1. The number of aromatic hydroxyl groups is 1. The van der Waals surface area contributed by atoms with Crippen molar-refractivity contribution in [2.45, 2.75) is 13.3 Å². The zero-order chi connectivity index (χ0) is 15.4. The summed E-state index contributed by atoms with van der Waals surface area (Å²) in [6.45, 7) is 2.30. The second kappa shape index (κ2) is 6.49. The monoisotopic (exact) mass is 294 g/mol. The Hall–Kier alpha value is -2.21. The van der Waals surface area contributed by atoms with Crippen LogP contribution in [0.4, 0.5) is 0 Å². The summed E-state index contributed by atoms with van der Waals surface area (Å²) < 4.78 is 16.1. The van der Waals surface area contributed by atoms with Crippen LogP contribution in [0, 0.1) is 5.92 Å². The van der Waals surface area contributed by atoms with E-state index in [1.54, 1.807) is 0 Å². The Bertz CT molecular complexity index is 676. The number of methoxy groups -OCH3 is 1. The van der Waals surface area contributed by atoms with Crippen molar-refractivity contribution in [2.75, 3.05) is 20.3 Å². The summed E-state index contributed by atoms with van der Waals surface area (Å²) in [6.07, 6.45) is 1.88. The lowest BCUT2D eigenvalue weighted by atomic mass is 10.1. The molecule has 2 aromatic rings. The molecule has 1 unspecified atom stereocenters. The summed E-state index contributed by atoms with van der Waals surface area (Å²) in [4.78, 5) is 11.8. The van der Waals surface area contributed by atoms with E-state index in [4.69, 9.17) is 19.0 Å². The van der Waals surface area contributed by atoms with E-state index in [1.807, 2.05) is 6.92 Å². The largest absolute Gasteiger partial charge is 0.507 e. The maximum absolute atomic E-state index is 11.8. The molecule has 6 heteroatoms. The van der Waals surface area contributed by atoms with Crippen molar-refractivity contribution < 1.29 is 24.1 Å². The predicted octanol–water partition coefficient (Wildman–Crippen LogP) is 1.90. The molecule has 1 aromatic heterocycles. The Morgan fingerprint density at radius 1 is 1.43 bits per heavy atom. The zero-order valence-electron chi connectivity index (χ0n) is 12.0. The highest BCUT2D eigenvalue weighted by Gasteiger charge is 2.18. The highest BCUT2D eigenvalue weighted by molar-refractivity contribution is 5.90. The van der Waals surface area contributed by atoms with Crippen LogP contribution in [-0.2, 0) is 0 Å². The van der Waals surface area contributed by atoms with Crippen LogP contribution in [0.5, 0.6) is 17.2 Å². The first-order valence-corrected chi connectivity index (χ1v) is 6.63. The molecular weight excluding hydrogens is 276 g/mol. The lowest BCUT2D eigenvalue weighted by molar-refractivity contribution is 0.199. The Labute approximate surface area is 121 Å². The molecule has 0 saturated heterocycles. The lowest BCUT2D eigenvalue weighted by Crippen LogP contribution is -2.09. The minimum absolute atomic E-state index is 0.0588. The van der Waals surface area contributed by atoms with Gasteiger partial charge in [-0.25, -0.2) is 0 Å². The van der Waals surface area contributed by atoms with E-state index in [2.05, 4.69) is 0 Å². The van der Waals surface area contributed by atoms with Crippen molar-refractivity contribution in [2.24, 2.45) is 5.92 Å². The fraction of sp³-hybridized carbons (Fsp3) is 0.400. The predicted molar refractivity (Wildman–Crippen MR) is 77.1 cm³/mol. The fourth-order valence-corrected chi connectivity index (χ4v) is 1.94. The summed E-state index contributed by atoms with van der Waals surface area (Å²) >= 11 is 0. The van der Waals surface area contributed by atoms with Crippen molar-refractivity contribution in [1.29, 1.82) is 0 Å². The van der Waals surface area contributed by atoms with Gasteiger partial charge in [-0.05, 0) is 12.3 Å². The number of aliphatic hydroxyl groups is 1. The van der Waals surface area contributed by atoms with Crippen molar-refractivity contribution in [3.05, 3.63) is 28.6 Å². The van der Waals surface area contributed by atoms with Gasteiger partial charge >= 0.3 is 0 Å². The number of aliphatic hydroxyl groups excluding tert-OH is 1. The smallest absolute Gasteiger partial charge is 0.205 e. The molecule has 0 spiro atoms. The Morgan fingerprint density at radius 3 is 2.86 bits per heavy atom. The Morgan fingerprint density at radius 2 is 2.19 bits per heavy atom. The van der Waals surface area contributed by atoms with Crippen LogP contribution in [0.15, 0.2) is 27.6 Å². The van der Waals surface area contributed by atoms with Gasteiger partial charge in [-0.15, -0.1) is 0 Å². The summed E-state index contributed by atoms with van der Waals surface area (Å²) in [5.74, 6) is 0.442. The van der Waals surface area contributed by atoms with Crippen LogP contribution in [0.1, 0.15) is 13.3 Å². The molecule has 0 radical (unpaired) electrons. The maximum atomic E-state index is 11.8. The Kier molecular flexibility index (Phi) is 4.70. The molecule has 6 nitrogen and oxygen atoms in total. The van der Waals surface area contributed by atoms with E-state index in [1.165, 1.54) is 25.5 Å². The quantitative estimate of drug-likeness (QED) is 0.846. The molecule has 114 valence electrons. The SMILES string of the molecule is COc1cc(O)c2c(=O)ccoc2c1OCCC(C)CO. The molecule has 0 aliphatic carbocycles. The van der Waals surface area contributed by atoms with Gasteiger partial charge in [0.1, 0.15) is 11.1 Å². The molecule has 1 aromatic carbocycles. The molecule has 0 amide bonds. The molecular formula is C15H18O6. The van der Waals surface area contributed by atoms with Gasteiger partial charge in [-0.3, -0.25) is 4.79 Å². The van der Waals surface area contributed by atoms with E-state index in [9.17, 15) is 9.90 Å². The molecule has 1 atom stereocenters. The number of phenolic OH excluding ortho intramolecular Hbond substituents is 1. The third-order valence-corrected chi connectivity index (χ3v) is 3.22. The van der Waals surface area contributed by atoms with Crippen molar-refractivity contribution >= 4 is 11.0 Å². The van der Waals surface area contributed by atoms with Crippen molar-refractivity contribution in [1.82, 2.24) is 0 Å². The minimum Gasteiger partial charge on any atom is -0.507 e. The summed E-state index contributed by atoms with van der Waals surface area (Å²) in [7, 11) is 1.44. The number of hydrogen-bond donors (Lipinski definition) is 2. The summed E-state index contributed by atoms with van der Waals surface area (Å²) in [5, 5.41) is 19.0. The minimum atomic E-state index is -0.357. The van der Waals surface area contributed by atoms with Gasteiger partial charge in [-0.1, -0.05) is 6.92 Å². The van der Waals surface area contributed by atoms with Crippen LogP contribution >= 0.6 is 0 Å². The number of ether oxygens (including phenoxy) is 2. The molecule has 2 N–H and O–H groups in total. The van der Waals surface area contributed by atoms with Crippen LogP contribution in [0.2, 0.25) is 0 Å². The maximum Gasteiger partial charge on any atom is 0.205 e. The third-order valence-electron chi connectivity index (χ3n) is 3.22. The highest BCUT2D eigenvalue weighted by atomic mass is 16.5. The number of fused-ring (bicyclic) bond motifs is 1. The van der Waals surface area contributed by atoms with E-state index < -0.39 is 0 Å². The third kappa shape index (κ3) is 3.11. The molecule has 0 saturated carbocycles. The van der Waals surface area contributed by atoms with Gasteiger partial charge in [0, 0.05) is 18.7 Å². The number of hydrogen-bond acceptors (Lipinski definition) is 6. The molecule has 0 aliphatic heterocycles. The van der Waals surface area contributed by atoms with Crippen LogP contribution in [0.3, 0.4) is 0 Å². The molecule has 0 fully saturated rings. The topological polar surface area (TPSA) is 89.1 Å². The van der Waals surface area contributed by atoms with E-state index in [0.29, 0.717) is 13.0 Å². The first-order chi connectivity index (χ1) is 10.1. The number of benzene rings is 1. The van der Waals surface area contributed by atoms with Gasteiger partial charge in [0.05, 0.1) is 20.0 Å². The average Bonchev–Trinajstić information content (AvgIpc) is 2.48. The van der Waals surface area contributed by atoms with Gasteiger partial charge in [0.15, 0.2) is 16.8 Å². The van der Waals surface area contributed by atoms with E-state index >= 15 is 0 Å². The first-order valence-electron chi connectivity index (χ1n) is 6.63. The standard InChI is InChI=1S/C15H18O6/c1-9(8-16)3-5-20-14-12(19-2)7-11(18)13-10(17)4-6-21-15(13)14/h4,6-7,9,16,18H,3,5,8H2,1-2H3. The van der Waals surface area contributed by atoms with Crippen LogP contribution in [0.25, 0.3) is 11.0 Å². The fourth-order valence-electron chi connectivity index (χ4n) is 1.94. The molecule has 2 rings (SSSR count). The normalized spacial score (nSPS) is 12.3.